The first-order valence-corrected chi connectivity index (χ1v) is 15.1. The Bertz CT molecular complexity index is 1420. The van der Waals surface area contributed by atoms with E-state index in [2.05, 4.69) is 10.6 Å². The van der Waals surface area contributed by atoms with Gasteiger partial charge in [0.15, 0.2) is 0 Å². The fourth-order valence-corrected chi connectivity index (χ4v) is 5.72. The maximum Gasteiger partial charge on any atom is 0.408 e. The smallest absolute Gasteiger partial charge is 0.408 e. The first-order valence-electron chi connectivity index (χ1n) is 15.1. The van der Waals surface area contributed by atoms with Crippen molar-refractivity contribution in [2.45, 2.75) is 97.9 Å². The molecule has 1 fully saturated rings. The predicted molar refractivity (Wildman–Crippen MR) is 171 cm³/mol. The Morgan fingerprint density at radius 1 is 0.837 bits per heavy atom. The lowest BCUT2D eigenvalue weighted by molar-refractivity contribution is -0.145. The van der Waals surface area contributed by atoms with Gasteiger partial charge in [0.2, 0.25) is 5.91 Å². The van der Waals surface area contributed by atoms with E-state index in [0.29, 0.717) is 0 Å². The van der Waals surface area contributed by atoms with Crippen LogP contribution in [0.25, 0.3) is 0 Å². The van der Waals surface area contributed by atoms with Crippen molar-refractivity contribution in [3.05, 3.63) is 100 Å². The normalized spacial score (nSPS) is 14.7. The van der Waals surface area contributed by atoms with Gasteiger partial charge in [-0.1, -0.05) is 66.7 Å². The van der Waals surface area contributed by atoms with Crippen molar-refractivity contribution in [3.8, 4) is 0 Å². The van der Waals surface area contributed by atoms with E-state index in [4.69, 9.17) is 4.74 Å². The number of alkyl carbamates (subject to hydrolysis) is 1. The summed E-state index contributed by atoms with van der Waals surface area (Å²) >= 11 is 0. The van der Waals surface area contributed by atoms with E-state index in [0.717, 1.165) is 58.3 Å². The number of anilines is 1. The van der Waals surface area contributed by atoms with Crippen molar-refractivity contribution in [3.63, 3.8) is 0 Å². The van der Waals surface area contributed by atoms with Gasteiger partial charge in [0.05, 0.1) is 0 Å². The highest BCUT2D eigenvalue weighted by molar-refractivity contribution is 6.00. The third-order valence-corrected chi connectivity index (χ3v) is 8.07. The molecular weight excluding hydrogens is 538 g/mol. The molecule has 0 aliphatic heterocycles. The first kappa shape index (κ1) is 31.8. The molecule has 1 aliphatic carbocycles. The highest BCUT2D eigenvalue weighted by Gasteiger charge is 2.43. The average molecular weight is 584 g/mol. The van der Waals surface area contributed by atoms with Crippen LogP contribution in [0.2, 0.25) is 0 Å². The quantitative estimate of drug-likeness (QED) is 0.281. The summed E-state index contributed by atoms with van der Waals surface area (Å²) in [5.74, 6) is -0.575. The number of benzene rings is 3. The molecule has 0 spiro atoms. The molecule has 3 aromatic rings. The SMILES string of the molecule is Cc1cccc(C)c1NC(=O)C(c1c(C)cccc1C)N(C(=O)C(Cc1ccccc1)NC(=O)OC(C)(C)C)C1CCC1. The molecule has 0 radical (unpaired) electrons. The van der Waals surface area contributed by atoms with E-state index in [1.165, 1.54) is 0 Å². The molecule has 0 aromatic heterocycles. The Morgan fingerprint density at radius 2 is 1.40 bits per heavy atom. The summed E-state index contributed by atoms with van der Waals surface area (Å²) in [6, 6.07) is 19.4. The number of para-hydroxylation sites is 1. The number of carbonyl (C=O) groups excluding carboxylic acids is 3. The van der Waals surface area contributed by atoms with Gasteiger partial charge in [-0.3, -0.25) is 9.59 Å². The fourth-order valence-electron chi connectivity index (χ4n) is 5.72. The van der Waals surface area contributed by atoms with Crippen LogP contribution in [0, 0.1) is 27.7 Å². The average Bonchev–Trinajstić information content (AvgIpc) is 2.89. The Morgan fingerprint density at radius 3 is 1.91 bits per heavy atom. The van der Waals surface area contributed by atoms with Gasteiger partial charge in [0.1, 0.15) is 17.7 Å². The van der Waals surface area contributed by atoms with Crippen LogP contribution in [-0.4, -0.2) is 40.5 Å². The monoisotopic (exact) mass is 583 g/mol. The standard InChI is InChI=1S/C36H45N3O4/c1-23-14-11-15-24(2)30(23)32(33(40)38-31-25(3)16-12-17-26(31)4)39(28-20-13-21-28)34(41)29(22-27-18-9-8-10-19-27)37-35(42)43-36(5,6)7/h8-12,14-19,28-29,32H,13,20-22H2,1-7H3,(H,37,42)(H,38,40). The van der Waals surface area contributed by atoms with Crippen LogP contribution in [-0.2, 0) is 20.7 Å². The second-order valence-corrected chi connectivity index (χ2v) is 12.7. The lowest BCUT2D eigenvalue weighted by atomic mass is 9.85. The van der Waals surface area contributed by atoms with Crippen molar-refractivity contribution in [1.29, 1.82) is 0 Å². The summed E-state index contributed by atoms with van der Waals surface area (Å²) in [5.41, 5.74) is 5.47. The van der Waals surface area contributed by atoms with Crippen LogP contribution in [0.4, 0.5) is 10.5 Å². The second-order valence-electron chi connectivity index (χ2n) is 12.7. The minimum absolute atomic E-state index is 0.140. The van der Waals surface area contributed by atoms with Crippen molar-refractivity contribution >= 4 is 23.6 Å². The minimum atomic E-state index is -0.933. The van der Waals surface area contributed by atoms with Crippen molar-refractivity contribution in [1.82, 2.24) is 10.2 Å². The molecule has 0 heterocycles. The number of hydrogen-bond donors (Lipinski definition) is 2. The Balaban J connectivity index is 1.81. The Kier molecular flexibility index (Phi) is 9.95. The number of carbonyl (C=O) groups is 3. The zero-order chi connectivity index (χ0) is 31.3. The molecule has 4 rings (SSSR count). The van der Waals surface area contributed by atoms with Crippen LogP contribution in [0.15, 0.2) is 66.7 Å². The topological polar surface area (TPSA) is 87.7 Å². The van der Waals surface area contributed by atoms with Crippen LogP contribution in [0.5, 0.6) is 0 Å². The molecule has 2 unspecified atom stereocenters. The molecule has 3 aromatic carbocycles. The van der Waals surface area contributed by atoms with E-state index in [1.807, 2.05) is 94.4 Å². The van der Waals surface area contributed by atoms with Gasteiger partial charge in [-0.05, 0) is 101 Å². The number of aryl methyl sites for hydroxylation is 4. The molecule has 3 amide bonds. The number of hydrogen-bond acceptors (Lipinski definition) is 4. The second kappa shape index (κ2) is 13.4. The van der Waals surface area contributed by atoms with Crippen molar-refractivity contribution in [2.24, 2.45) is 0 Å². The van der Waals surface area contributed by atoms with E-state index < -0.39 is 23.8 Å². The molecule has 228 valence electrons. The summed E-state index contributed by atoms with van der Waals surface area (Å²) in [6.07, 6.45) is 2.14. The number of nitrogens with zero attached hydrogens (tertiary/aromatic N) is 1. The summed E-state index contributed by atoms with van der Waals surface area (Å²) in [4.78, 5) is 44.1. The summed E-state index contributed by atoms with van der Waals surface area (Å²) < 4.78 is 5.57. The van der Waals surface area contributed by atoms with E-state index in [9.17, 15) is 14.4 Å². The maximum absolute atomic E-state index is 14.8. The molecule has 0 bridgehead atoms. The lowest BCUT2D eigenvalue weighted by Crippen LogP contribution is -2.57. The molecule has 1 aliphatic rings. The summed E-state index contributed by atoms with van der Waals surface area (Å²) in [5, 5.41) is 6.05. The fraction of sp³-hybridized carbons (Fsp3) is 0.417. The molecule has 43 heavy (non-hydrogen) atoms. The van der Waals surface area contributed by atoms with Gasteiger partial charge in [0, 0.05) is 18.2 Å². The summed E-state index contributed by atoms with van der Waals surface area (Å²) in [6.45, 7) is 13.2. The van der Waals surface area contributed by atoms with Crippen LogP contribution >= 0.6 is 0 Å². The van der Waals surface area contributed by atoms with E-state index in [1.54, 1.807) is 25.7 Å². The Labute approximate surface area is 256 Å². The minimum Gasteiger partial charge on any atom is -0.444 e. The molecule has 2 atom stereocenters. The molecule has 2 N–H and O–H groups in total. The molecule has 1 saturated carbocycles. The van der Waals surface area contributed by atoms with Gasteiger partial charge < -0.3 is 20.3 Å². The molecular formula is C36H45N3O4. The molecule has 7 heteroatoms. The van der Waals surface area contributed by atoms with Gasteiger partial charge in [-0.25, -0.2) is 4.79 Å². The molecule has 7 nitrogen and oxygen atoms in total. The van der Waals surface area contributed by atoms with Crippen molar-refractivity contribution in [2.75, 3.05) is 5.32 Å². The third-order valence-electron chi connectivity index (χ3n) is 8.07. The van der Waals surface area contributed by atoms with Gasteiger partial charge in [-0.2, -0.15) is 0 Å². The number of rotatable bonds is 9. The lowest BCUT2D eigenvalue weighted by Gasteiger charge is -2.44. The van der Waals surface area contributed by atoms with Crippen LogP contribution in [0.1, 0.15) is 79.5 Å². The highest BCUT2D eigenvalue weighted by Crippen LogP contribution is 2.37. The van der Waals surface area contributed by atoms with Gasteiger partial charge in [-0.15, -0.1) is 0 Å². The van der Waals surface area contributed by atoms with Gasteiger partial charge >= 0.3 is 6.09 Å². The van der Waals surface area contributed by atoms with Gasteiger partial charge in [0.25, 0.3) is 5.91 Å². The largest absolute Gasteiger partial charge is 0.444 e. The maximum atomic E-state index is 14.8. The first-order chi connectivity index (χ1) is 20.4. The summed E-state index contributed by atoms with van der Waals surface area (Å²) in [7, 11) is 0. The number of nitrogens with one attached hydrogen (secondary N) is 2. The highest BCUT2D eigenvalue weighted by atomic mass is 16.6. The Hall–Kier alpha value is -4.13. The zero-order valence-electron chi connectivity index (χ0n) is 26.5. The number of amides is 3. The van der Waals surface area contributed by atoms with E-state index in [-0.39, 0.29) is 24.3 Å². The predicted octanol–water partition coefficient (Wildman–Crippen LogP) is 7.12. The zero-order valence-corrected chi connectivity index (χ0v) is 26.5. The molecule has 0 saturated heterocycles. The number of ether oxygens (including phenoxy) is 1. The van der Waals surface area contributed by atoms with Crippen LogP contribution < -0.4 is 10.6 Å². The third kappa shape index (κ3) is 7.83. The van der Waals surface area contributed by atoms with E-state index >= 15 is 0 Å². The van der Waals surface area contributed by atoms with Crippen LogP contribution in [0.3, 0.4) is 0 Å². The van der Waals surface area contributed by atoms with Crippen molar-refractivity contribution < 1.29 is 19.1 Å².